The first-order valence-corrected chi connectivity index (χ1v) is 9.87. The van der Waals surface area contributed by atoms with E-state index in [1.807, 2.05) is 12.1 Å². The van der Waals surface area contributed by atoms with E-state index < -0.39 is 23.3 Å². The molecule has 2 nitrogen and oxygen atoms in total. The Labute approximate surface area is 193 Å². The van der Waals surface area contributed by atoms with Crippen molar-refractivity contribution in [2.45, 2.75) is 0 Å². The van der Waals surface area contributed by atoms with E-state index in [-0.39, 0.29) is 70.8 Å². The minimum absolute atomic E-state index is 0. The van der Waals surface area contributed by atoms with Gasteiger partial charge in [-0.25, -0.2) is 17.6 Å². The predicted octanol–water partition coefficient (Wildman–Crippen LogP) is 5.52. The Kier molecular flexibility index (Phi) is 18.7. The van der Waals surface area contributed by atoms with Crippen LogP contribution in [0.2, 0.25) is 0 Å². The topological polar surface area (TPSA) is 34.1 Å². The van der Waals surface area contributed by atoms with E-state index in [0.29, 0.717) is 0 Å². The third-order valence-corrected chi connectivity index (χ3v) is 3.98. The second-order valence-corrected chi connectivity index (χ2v) is 6.51. The molecule has 0 fully saturated rings. The van der Waals surface area contributed by atoms with E-state index in [4.69, 9.17) is 0 Å². The van der Waals surface area contributed by atoms with Gasteiger partial charge in [-0.2, -0.15) is 35.7 Å². The van der Waals surface area contributed by atoms with Crippen molar-refractivity contribution >= 4 is 35.1 Å². The summed E-state index contributed by atoms with van der Waals surface area (Å²) in [5, 5.41) is 0. The Bertz CT molecular complexity index is 724. The first-order valence-electron chi connectivity index (χ1n) is 7.09. The quantitative estimate of drug-likeness (QED) is 0.236. The standard InChI is InChI=1S/2C9H7F2OS.2CH3.Ti/c2*1-13-5-9(12)7-3-2-6(10)4-8(7)11;;;/h2*2-3H,5H2,1H3;2*1H3;/q4*-1;+4. The van der Waals surface area contributed by atoms with Gasteiger partial charge in [0.25, 0.3) is 0 Å². The Morgan fingerprint density at radius 1 is 0.759 bits per heavy atom. The van der Waals surface area contributed by atoms with Crippen LogP contribution in [0.15, 0.2) is 24.3 Å². The molecule has 0 heterocycles. The van der Waals surface area contributed by atoms with Crippen molar-refractivity contribution in [3.05, 3.63) is 85.6 Å². The van der Waals surface area contributed by atoms with Crippen LogP contribution in [0, 0.1) is 50.3 Å². The fourth-order valence-corrected chi connectivity index (χ4v) is 2.57. The molecule has 0 aromatic heterocycles. The molecule has 0 unspecified atom stereocenters. The maximum absolute atomic E-state index is 12.9. The molecule has 29 heavy (non-hydrogen) atoms. The van der Waals surface area contributed by atoms with Gasteiger partial charge in [0.1, 0.15) is 11.6 Å². The zero-order chi connectivity index (χ0) is 19.7. The number of halogens is 4. The monoisotopic (exact) mass is 480 g/mol. The Hall–Kier alpha value is -1.09. The molecule has 2 aromatic rings. The molecule has 0 saturated carbocycles. The van der Waals surface area contributed by atoms with Crippen molar-refractivity contribution in [3.8, 4) is 0 Å². The van der Waals surface area contributed by atoms with Crippen LogP contribution in [-0.4, -0.2) is 35.6 Å². The molecule has 0 N–H and O–H groups in total. The van der Waals surface area contributed by atoms with Crippen molar-refractivity contribution in [3.63, 3.8) is 0 Å². The number of thioether (sulfide) groups is 2. The number of Topliss-reactive ketones (excluding diaryl/α,β-unsaturated/α-hetero) is 2. The van der Waals surface area contributed by atoms with Crippen molar-refractivity contribution in [1.29, 1.82) is 0 Å². The number of carbonyl (C=O) groups is 2. The number of ketones is 2. The van der Waals surface area contributed by atoms with E-state index >= 15 is 0 Å². The first kappa shape index (κ1) is 32.6. The number of rotatable bonds is 6. The molecule has 0 aliphatic heterocycles. The van der Waals surface area contributed by atoms with Crippen molar-refractivity contribution in [1.82, 2.24) is 0 Å². The summed E-state index contributed by atoms with van der Waals surface area (Å²) in [6.45, 7) is 0. The predicted molar refractivity (Wildman–Crippen MR) is 109 cm³/mol. The van der Waals surface area contributed by atoms with Gasteiger partial charge in [-0.3, -0.25) is 0 Å². The molecular formula is C20H20F4O2S2Ti. The molecule has 0 spiro atoms. The normalized spacial score (nSPS) is 9.03. The van der Waals surface area contributed by atoms with Crippen LogP contribution in [0.25, 0.3) is 0 Å². The van der Waals surface area contributed by atoms with E-state index in [9.17, 15) is 27.2 Å². The summed E-state index contributed by atoms with van der Waals surface area (Å²) in [5.74, 6) is -3.73. The minimum Gasteiger partial charge on any atom is -0.358 e. The third kappa shape index (κ3) is 11.0. The molecule has 0 radical (unpaired) electrons. The summed E-state index contributed by atoms with van der Waals surface area (Å²) in [7, 11) is 0. The first-order chi connectivity index (χ1) is 12.3. The average Bonchev–Trinajstić information content (AvgIpc) is 2.55. The minimum atomic E-state index is -0.918. The van der Waals surface area contributed by atoms with Gasteiger partial charge in [0.2, 0.25) is 0 Å². The van der Waals surface area contributed by atoms with Crippen LogP contribution in [0.5, 0.6) is 0 Å². The number of hydrogen-bond donors (Lipinski definition) is 0. The maximum Gasteiger partial charge on any atom is 4.00 e. The zero-order valence-corrected chi connectivity index (χ0v) is 19.6. The summed E-state index contributed by atoms with van der Waals surface area (Å²) in [6.07, 6.45) is 3.48. The van der Waals surface area contributed by atoms with E-state index in [1.165, 1.54) is 23.5 Å². The molecule has 156 valence electrons. The summed E-state index contributed by atoms with van der Waals surface area (Å²) >= 11 is 2.59. The van der Waals surface area contributed by atoms with Crippen LogP contribution in [0.4, 0.5) is 17.6 Å². The van der Waals surface area contributed by atoms with E-state index in [2.05, 4.69) is 0 Å². The molecule has 0 saturated heterocycles. The molecule has 2 rings (SSSR count). The summed E-state index contributed by atoms with van der Waals surface area (Å²) in [5.41, 5.74) is -0.202. The number of benzene rings is 2. The van der Waals surface area contributed by atoms with E-state index in [1.54, 1.807) is 12.5 Å². The molecule has 0 aliphatic carbocycles. The molecule has 0 atom stereocenters. The zero-order valence-electron chi connectivity index (χ0n) is 16.4. The van der Waals surface area contributed by atoms with Crippen molar-refractivity contribution in [2.75, 3.05) is 24.0 Å². The fourth-order valence-electron chi connectivity index (χ4n) is 1.74. The molecular weight excluding hydrogens is 460 g/mol. The Morgan fingerprint density at radius 3 is 1.31 bits per heavy atom. The summed E-state index contributed by atoms with van der Waals surface area (Å²) in [6, 6.07) is 7.96. The third-order valence-electron chi connectivity index (χ3n) is 2.88. The van der Waals surface area contributed by atoms with Gasteiger partial charge in [-0.05, 0) is 12.5 Å². The SMILES string of the molecule is CSCC(=O)c1ccc(F)[c-]c1F.CSCC(=O)c1ccc(F)[c-]c1F.[CH3-].[CH3-].[Ti+4]. The van der Waals surface area contributed by atoms with Gasteiger partial charge >= 0.3 is 21.7 Å². The van der Waals surface area contributed by atoms with Gasteiger partial charge in [0.05, 0.1) is 0 Å². The second-order valence-electron chi connectivity index (χ2n) is 4.78. The Balaban J connectivity index is -0.000000422. The van der Waals surface area contributed by atoms with Gasteiger partial charge in [-0.15, -0.1) is 24.3 Å². The van der Waals surface area contributed by atoms with Crippen LogP contribution in [0.1, 0.15) is 20.7 Å². The average molecular weight is 480 g/mol. The molecule has 2 aromatic carbocycles. The molecule has 0 aliphatic rings. The van der Waals surface area contributed by atoms with Crippen LogP contribution < -0.4 is 0 Å². The van der Waals surface area contributed by atoms with Gasteiger partial charge < -0.3 is 24.4 Å². The molecule has 0 bridgehead atoms. The van der Waals surface area contributed by atoms with E-state index in [0.717, 1.165) is 24.3 Å². The Morgan fingerprint density at radius 2 is 1.07 bits per heavy atom. The van der Waals surface area contributed by atoms with Crippen molar-refractivity contribution < 1.29 is 48.9 Å². The largest absolute Gasteiger partial charge is 4.00 e. The smallest absolute Gasteiger partial charge is 0.358 e. The summed E-state index contributed by atoms with van der Waals surface area (Å²) in [4.78, 5) is 22.3. The van der Waals surface area contributed by atoms with Crippen LogP contribution in [0.3, 0.4) is 0 Å². The summed E-state index contributed by atoms with van der Waals surface area (Å²) < 4.78 is 50.6. The van der Waals surface area contributed by atoms with Crippen LogP contribution in [-0.2, 0) is 21.7 Å². The molecule has 0 amide bonds. The maximum atomic E-state index is 12.9. The number of carbonyl (C=O) groups excluding carboxylic acids is 2. The fraction of sp³-hybridized carbons (Fsp3) is 0.200. The van der Waals surface area contributed by atoms with Gasteiger partial charge in [0, 0.05) is 34.8 Å². The van der Waals surface area contributed by atoms with Crippen molar-refractivity contribution in [2.24, 2.45) is 0 Å². The second kappa shape index (κ2) is 16.7. The molecule has 9 heteroatoms. The van der Waals surface area contributed by atoms with Gasteiger partial charge in [0.15, 0.2) is 0 Å². The van der Waals surface area contributed by atoms with Gasteiger partial charge in [-0.1, -0.05) is 11.1 Å². The number of hydrogen-bond acceptors (Lipinski definition) is 4. The van der Waals surface area contributed by atoms with Crippen LogP contribution >= 0.6 is 23.5 Å².